The highest BCUT2D eigenvalue weighted by Gasteiger charge is 2.44. The maximum Gasteiger partial charge on any atom is 0.283 e. The molecule has 5 heteroatoms. The van der Waals surface area contributed by atoms with E-state index < -0.39 is 0 Å². The minimum absolute atomic E-state index is 0.00162. The molecule has 1 amide bonds. The van der Waals surface area contributed by atoms with Crippen LogP contribution in [-0.4, -0.2) is 38.3 Å². The van der Waals surface area contributed by atoms with Crippen molar-refractivity contribution in [3.05, 3.63) is 64.7 Å². The minimum atomic E-state index is -0.165. The first-order valence-corrected chi connectivity index (χ1v) is 8.69. The number of halogens is 1. The van der Waals surface area contributed by atoms with Crippen LogP contribution >= 0.6 is 11.6 Å². The van der Waals surface area contributed by atoms with E-state index in [0.29, 0.717) is 18.2 Å². The van der Waals surface area contributed by atoms with Crippen LogP contribution in [0.3, 0.4) is 0 Å². The number of rotatable bonds is 2. The van der Waals surface area contributed by atoms with Crippen LogP contribution in [0.5, 0.6) is 0 Å². The number of anilines is 1. The number of ether oxygens (including phenoxy) is 1. The van der Waals surface area contributed by atoms with E-state index >= 15 is 0 Å². The summed E-state index contributed by atoms with van der Waals surface area (Å²) in [7, 11) is 0. The van der Waals surface area contributed by atoms with Gasteiger partial charge >= 0.3 is 0 Å². The maximum atomic E-state index is 12.9. The quantitative estimate of drug-likeness (QED) is 0.871. The first kappa shape index (κ1) is 15.6. The third-order valence-corrected chi connectivity index (χ3v) is 5.19. The van der Waals surface area contributed by atoms with Crippen LogP contribution in [0, 0.1) is 0 Å². The average Bonchev–Trinajstić information content (AvgIpc) is 2.62. The maximum absolute atomic E-state index is 12.9. The van der Waals surface area contributed by atoms with Crippen LogP contribution in [-0.2, 0) is 9.53 Å². The monoisotopic (exact) mass is 343 g/mol. The van der Waals surface area contributed by atoms with Crippen LogP contribution in [0.15, 0.2) is 48.5 Å². The summed E-state index contributed by atoms with van der Waals surface area (Å²) < 4.78 is 5.48. The molecular formula is C19H20ClN2O2+. The zero-order chi connectivity index (χ0) is 16.5. The second-order valence-corrected chi connectivity index (χ2v) is 6.79. The second kappa shape index (κ2) is 6.55. The molecule has 2 heterocycles. The summed E-state index contributed by atoms with van der Waals surface area (Å²) in [4.78, 5) is 14.2. The third-order valence-electron chi connectivity index (χ3n) is 4.96. The van der Waals surface area contributed by atoms with Gasteiger partial charge in [0, 0.05) is 10.7 Å². The van der Waals surface area contributed by atoms with Gasteiger partial charge in [-0.1, -0.05) is 41.9 Å². The van der Waals surface area contributed by atoms with E-state index in [4.69, 9.17) is 16.3 Å². The number of nitrogens with one attached hydrogen (secondary N) is 2. The van der Waals surface area contributed by atoms with Gasteiger partial charge in [-0.05, 0) is 29.3 Å². The van der Waals surface area contributed by atoms with Crippen molar-refractivity contribution in [1.82, 2.24) is 0 Å². The number of quaternary nitrogens is 1. The van der Waals surface area contributed by atoms with Gasteiger partial charge in [0.15, 0.2) is 6.04 Å². The summed E-state index contributed by atoms with van der Waals surface area (Å²) in [6.07, 6.45) is 0. The Balaban J connectivity index is 1.83. The SMILES string of the molecule is O=C1Nc2ccc(Cl)cc2[C@@H](c2ccccc2)[C@@H]1[NH+]1CCOCC1. The molecule has 0 aliphatic carbocycles. The lowest BCUT2D eigenvalue weighted by molar-refractivity contribution is -0.924. The number of benzene rings is 2. The first-order chi connectivity index (χ1) is 11.7. The van der Waals surface area contributed by atoms with Gasteiger partial charge in [-0.25, -0.2) is 0 Å². The Labute approximate surface area is 146 Å². The molecule has 0 aromatic heterocycles. The van der Waals surface area contributed by atoms with Crippen molar-refractivity contribution in [2.24, 2.45) is 0 Å². The van der Waals surface area contributed by atoms with Crippen LogP contribution in [0.4, 0.5) is 5.69 Å². The molecule has 124 valence electrons. The predicted molar refractivity (Wildman–Crippen MR) is 93.7 cm³/mol. The van der Waals surface area contributed by atoms with Gasteiger partial charge in [-0.2, -0.15) is 0 Å². The normalized spacial score (nSPS) is 24.3. The van der Waals surface area contributed by atoms with Gasteiger partial charge in [0.1, 0.15) is 13.1 Å². The predicted octanol–water partition coefficient (Wildman–Crippen LogP) is 1.71. The number of fused-ring (bicyclic) bond motifs is 1. The summed E-state index contributed by atoms with van der Waals surface area (Å²) in [5.74, 6) is 0.0809. The lowest BCUT2D eigenvalue weighted by Crippen LogP contribution is -3.19. The van der Waals surface area contributed by atoms with Gasteiger partial charge in [0.25, 0.3) is 5.91 Å². The van der Waals surface area contributed by atoms with Gasteiger partial charge in [-0.3, -0.25) is 4.79 Å². The molecule has 0 spiro atoms. The van der Waals surface area contributed by atoms with Crippen LogP contribution in [0.25, 0.3) is 0 Å². The smallest absolute Gasteiger partial charge is 0.283 e. The number of carbonyl (C=O) groups is 1. The molecule has 2 atom stereocenters. The van der Waals surface area contributed by atoms with Gasteiger partial charge < -0.3 is 15.0 Å². The molecule has 0 bridgehead atoms. The van der Waals surface area contributed by atoms with Crippen molar-refractivity contribution in [1.29, 1.82) is 0 Å². The molecule has 2 aromatic carbocycles. The number of amides is 1. The molecular weight excluding hydrogens is 324 g/mol. The Morgan fingerprint density at radius 3 is 2.58 bits per heavy atom. The first-order valence-electron chi connectivity index (χ1n) is 8.31. The molecule has 2 aliphatic heterocycles. The van der Waals surface area contributed by atoms with E-state index in [0.717, 1.165) is 29.9 Å². The number of hydrogen-bond acceptors (Lipinski definition) is 2. The zero-order valence-electron chi connectivity index (χ0n) is 13.3. The Bertz CT molecular complexity index is 744. The lowest BCUT2D eigenvalue weighted by atomic mass is 9.80. The summed E-state index contributed by atoms with van der Waals surface area (Å²) in [6.45, 7) is 3.08. The molecule has 2 N–H and O–H groups in total. The van der Waals surface area contributed by atoms with Gasteiger partial charge in [-0.15, -0.1) is 0 Å². The topological polar surface area (TPSA) is 42.8 Å². The van der Waals surface area contributed by atoms with Crippen molar-refractivity contribution in [2.75, 3.05) is 31.6 Å². The highest BCUT2D eigenvalue weighted by Crippen LogP contribution is 2.37. The fourth-order valence-corrected chi connectivity index (χ4v) is 4.02. The van der Waals surface area contributed by atoms with E-state index in [9.17, 15) is 4.79 Å². The van der Waals surface area contributed by atoms with E-state index in [-0.39, 0.29) is 17.9 Å². The molecule has 4 rings (SSSR count). The largest absolute Gasteiger partial charge is 0.370 e. The van der Waals surface area contributed by atoms with Crippen molar-refractivity contribution >= 4 is 23.2 Å². The fourth-order valence-electron chi connectivity index (χ4n) is 3.84. The Morgan fingerprint density at radius 2 is 1.83 bits per heavy atom. The molecule has 2 aromatic rings. The Morgan fingerprint density at radius 1 is 1.08 bits per heavy atom. The Hall–Kier alpha value is -1.88. The molecule has 2 aliphatic rings. The van der Waals surface area contributed by atoms with Gasteiger partial charge in [0.2, 0.25) is 0 Å². The summed E-state index contributed by atoms with van der Waals surface area (Å²) in [5, 5.41) is 3.77. The molecule has 0 unspecified atom stereocenters. The number of carbonyl (C=O) groups excluding carboxylic acids is 1. The highest BCUT2D eigenvalue weighted by atomic mass is 35.5. The van der Waals surface area contributed by atoms with Crippen LogP contribution in [0.1, 0.15) is 17.0 Å². The van der Waals surface area contributed by atoms with E-state index in [1.165, 1.54) is 4.90 Å². The average molecular weight is 344 g/mol. The molecule has 4 nitrogen and oxygen atoms in total. The second-order valence-electron chi connectivity index (χ2n) is 6.36. The van der Waals surface area contributed by atoms with E-state index in [1.54, 1.807) is 0 Å². The van der Waals surface area contributed by atoms with Crippen molar-refractivity contribution in [3.8, 4) is 0 Å². The Kier molecular flexibility index (Phi) is 4.27. The summed E-state index contributed by atoms with van der Waals surface area (Å²) in [5.41, 5.74) is 3.11. The molecule has 24 heavy (non-hydrogen) atoms. The van der Waals surface area contributed by atoms with E-state index in [2.05, 4.69) is 17.4 Å². The van der Waals surface area contributed by atoms with Crippen molar-refractivity contribution in [2.45, 2.75) is 12.0 Å². The number of hydrogen-bond donors (Lipinski definition) is 2. The molecule has 0 radical (unpaired) electrons. The standard InChI is InChI=1S/C19H19ClN2O2/c20-14-6-7-16-15(12-14)17(13-4-2-1-3-5-13)18(19(23)21-16)22-8-10-24-11-9-22/h1-7,12,17-18H,8-11H2,(H,21,23)/p+1/t17-,18+/m1/s1. The van der Waals surface area contributed by atoms with Crippen molar-refractivity contribution in [3.63, 3.8) is 0 Å². The summed E-state index contributed by atoms with van der Waals surface area (Å²) in [6, 6.07) is 15.8. The van der Waals surface area contributed by atoms with Crippen LogP contribution < -0.4 is 10.2 Å². The summed E-state index contributed by atoms with van der Waals surface area (Å²) >= 11 is 6.26. The van der Waals surface area contributed by atoms with Gasteiger partial charge in [0.05, 0.1) is 19.1 Å². The molecule has 1 saturated heterocycles. The minimum Gasteiger partial charge on any atom is -0.370 e. The van der Waals surface area contributed by atoms with E-state index in [1.807, 2.05) is 36.4 Å². The zero-order valence-corrected chi connectivity index (χ0v) is 14.1. The van der Waals surface area contributed by atoms with Crippen LogP contribution in [0.2, 0.25) is 5.02 Å². The fraction of sp³-hybridized carbons (Fsp3) is 0.316. The number of morpholine rings is 1. The molecule has 1 fully saturated rings. The van der Waals surface area contributed by atoms with Crippen molar-refractivity contribution < 1.29 is 14.4 Å². The third kappa shape index (κ3) is 2.81. The molecule has 0 saturated carbocycles. The lowest BCUT2D eigenvalue weighted by Gasteiger charge is -2.39. The highest BCUT2D eigenvalue weighted by molar-refractivity contribution is 6.30.